The number of piperazine rings is 1. The van der Waals surface area contributed by atoms with Gasteiger partial charge in [0.05, 0.1) is 0 Å². The van der Waals surface area contributed by atoms with Crippen LogP contribution in [0, 0.1) is 0 Å². The molecule has 0 saturated carbocycles. The van der Waals surface area contributed by atoms with Crippen molar-refractivity contribution in [1.82, 2.24) is 15.2 Å². The Labute approximate surface area is 92.5 Å². The third-order valence-electron chi connectivity index (χ3n) is 2.45. The maximum atomic E-state index is 3.78. The van der Waals surface area contributed by atoms with Crippen molar-refractivity contribution in [1.29, 1.82) is 0 Å². The Kier molecular flexibility index (Phi) is 5.97. The molecular weight excluding hydrogens is 186 g/mol. The Balaban J connectivity index is 0.000000162. The molecule has 84 valence electrons. The van der Waals surface area contributed by atoms with E-state index in [4.69, 9.17) is 0 Å². The van der Waals surface area contributed by atoms with Crippen molar-refractivity contribution in [2.45, 2.75) is 19.9 Å². The maximum Gasteiger partial charge on any atom is 0.0267 e. The highest BCUT2D eigenvalue weighted by Gasteiger charge is 2.11. The van der Waals surface area contributed by atoms with Crippen LogP contribution in [0.5, 0.6) is 0 Å². The smallest absolute Gasteiger partial charge is 0.0267 e. The average Bonchev–Trinajstić information content (AvgIpc) is 2.33. The van der Waals surface area contributed by atoms with Crippen molar-refractivity contribution >= 4 is 0 Å². The molecule has 0 aromatic carbocycles. The van der Waals surface area contributed by atoms with Crippen LogP contribution in [-0.2, 0) is 0 Å². The monoisotopic (exact) mass is 207 g/mol. The fourth-order valence-electron chi connectivity index (χ4n) is 1.51. The molecule has 0 radical (unpaired) electrons. The van der Waals surface area contributed by atoms with Crippen LogP contribution in [0.25, 0.3) is 0 Å². The van der Waals surface area contributed by atoms with Gasteiger partial charge in [-0.2, -0.15) is 0 Å². The molecule has 3 heteroatoms. The summed E-state index contributed by atoms with van der Waals surface area (Å²) in [5.74, 6) is 0. The molecule has 1 aliphatic rings. The predicted molar refractivity (Wildman–Crippen MR) is 63.8 cm³/mol. The zero-order chi connectivity index (χ0) is 10.9. The minimum absolute atomic E-state index is 0.729. The quantitative estimate of drug-likeness (QED) is 0.754. The van der Waals surface area contributed by atoms with Crippen LogP contribution in [0.3, 0.4) is 0 Å². The topological polar surface area (TPSA) is 28.2 Å². The van der Waals surface area contributed by atoms with Gasteiger partial charge in [0.2, 0.25) is 0 Å². The van der Waals surface area contributed by atoms with Gasteiger partial charge < -0.3 is 5.32 Å². The van der Waals surface area contributed by atoms with Gasteiger partial charge in [0.15, 0.2) is 0 Å². The van der Waals surface area contributed by atoms with E-state index in [9.17, 15) is 0 Å². The average molecular weight is 207 g/mol. The van der Waals surface area contributed by atoms with E-state index in [1.807, 2.05) is 18.2 Å². The van der Waals surface area contributed by atoms with E-state index >= 15 is 0 Å². The molecular formula is C12H21N3. The molecule has 0 aliphatic carbocycles. The van der Waals surface area contributed by atoms with E-state index in [1.54, 1.807) is 12.4 Å². The van der Waals surface area contributed by atoms with Gasteiger partial charge in [0.1, 0.15) is 0 Å². The van der Waals surface area contributed by atoms with Gasteiger partial charge in [-0.1, -0.05) is 6.07 Å². The minimum Gasteiger partial charge on any atom is -0.314 e. The Morgan fingerprint density at radius 3 is 1.93 bits per heavy atom. The highest BCUT2D eigenvalue weighted by atomic mass is 15.2. The Bertz CT molecular complexity index is 203. The molecule has 1 aromatic rings. The van der Waals surface area contributed by atoms with Crippen molar-refractivity contribution in [3.63, 3.8) is 0 Å². The van der Waals surface area contributed by atoms with Crippen molar-refractivity contribution in [3.05, 3.63) is 30.6 Å². The fourth-order valence-corrected chi connectivity index (χ4v) is 1.51. The summed E-state index contributed by atoms with van der Waals surface area (Å²) in [6, 6.07) is 6.44. The first-order chi connectivity index (χ1) is 7.30. The van der Waals surface area contributed by atoms with Crippen LogP contribution in [0.2, 0.25) is 0 Å². The van der Waals surface area contributed by atoms with E-state index in [1.165, 1.54) is 13.1 Å². The van der Waals surface area contributed by atoms with Gasteiger partial charge in [0.25, 0.3) is 0 Å². The van der Waals surface area contributed by atoms with E-state index < -0.39 is 0 Å². The van der Waals surface area contributed by atoms with Crippen molar-refractivity contribution in [2.75, 3.05) is 26.2 Å². The second-order valence-corrected chi connectivity index (χ2v) is 3.90. The maximum absolute atomic E-state index is 3.78. The van der Waals surface area contributed by atoms with Crippen molar-refractivity contribution < 1.29 is 0 Å². The zero-order valence-corrected chi connectivity index (χ0v) is 9.69. The first kappa shape index (κ1) is 12.1. The minimum atomic E-state index is 0.729. The molecule has 15 heavy (non-hydrogen) atoms. The first-order valence-electron chi connectivity index (χ1n) is 5.60. The van der Waals surface area contributed by atoms with Crippen molar-refractivity contribution in [2.24, 2.45) is 0 Å². The second kappa shape index (κ2) is 7.37. The molecule has 1 aromatic heterocycles. The number of hydrogen-bond donors (Lipinski definition) is 1. The largest absolute Gasteiger partial charge is 0.314 e. The summed E-state index contributed by atoms with van der Waals surface area (Å²) in [6.45, 7) is 9.28. The molecule has 2 heterocycles. The second-order valence-electron chi connectivity index (χ2n) is 3.90. The highest BCUT2D eigenvalue weighted by Crippen LogP contribution is 1.97. The molecule has 0 bridgehead atoms. The van der Waals surface area contributed by atoms with Gasteiger partial charge in [0, 0.05) is 44.6 Å². The van der Waals surface area contributed by atoms with Crippen LogP contribution in [0.15, 0.2) is 30.6 Å². The zero-order valence-electron chi connectivity index (χ0n) is 9.69. The lowest BCUT2D eigenvalue weighted by Gasteiger charge is -2.30. The summed E-state index contributed by atoms with van der Waals surface area (Å²) in [5, 5.41) is 3.33. The molecule has 0 unspecified atom stereocenters. The van der Waals surface area contributed by atoms with E-state index in [-0.39, 0.29) is 0 Å². The highest BCUT2D eigenvalue weighted by molar-refractivity contribution is 4.88. The van der Waals surface area contributed by atoms with E-state index in [0.717, 1.165) is 19.1 Å². The number of rotatable bonds is 1. The summed E-state index contributed by atoms with van der Waals surface area (Å²) in [5.41, 5.74) is 0. The number of aromatic nitrogens is 1. The first-order valence-corrected chi connectivity index (χ1v) is 5.60. The summed E-state index contributed by atoms with van der Waals surface area (Å²) in [6.07, 6.45) is 3.50. The van der Waals surface area contributed by atoms with Gasteiger partial charge in [-0.15, -0.1) is 0 Å². The Morgan fingerprint density at radius 2 is 1.67 bits per heavy atom. The molecule has 3 nitrogen and oxygen atoms in total. The molecule has 1 saturated heterocycles. The molecule has 1 fully saturated rings. The van der Waals surface area contributed by atoms with E-state index in [0.29, 0.717) is 0 Å². The Morgan fingerprint density at radius 1 is 1.07 bits per heavy atom. The van der Waals surface area contributed by atoms with Crippen LogP contribution in [-0.4, -0.2) is 42.1 Å². The normalized spacial score (nSPS) is 17.0. The number of nitrogens with one attached hydrogen (secondary N) is 1. The van der Waals surface area contributed by atoms with Crippen LogP contribution >= 0.6 is 0 Å². The summed E-state index contributed by atoms with van der Waals surface area (Å²) in [7, 11) is 0. The van der Waals surface area contributed by atoms with Gasteiger partial charge >= 0.3 is 0 Å². The van der Waals surface area contributed by atoms with Crippen LogP contribution < -0.4 is 5.32 Å². The summed E-state index contributed by atoms with van der Waals surface area (Å²) >= 11 is 0. The van der Waals surface area contributed by atoms with Gasteiger partial charge in [-0.05, 0) is 26.0 Å². The SMILES string of the molecule is CC(C)N1CCNCC1.c1ccncc1. The molecule has 1 N–H and O–H groups in total. The molecule has 0 atom stereocenters. The molecule has 2 rings (SSSR count). The van der Waals surface area contributed by atoms with Gasteiger partial charge in [-0.25, -0.2) is 0 Å². The summed E-state index contributed by atoms with van der Waals surface area (Å²) < 4.78 is 0. The molecule has 0 spiro atoms. The van der Waals surface area contributed by atoms with Crippen LogP contribution in [0.4, 0.5) is 0 Å². The van der Waals surface area contributed by atoms with Crippen molar-refractivity contribution in [3.8, 4) is 0 Å². The Hall–Kier alpha value is -0.930. The molecule has 1 aliphatic heterocycles. The predicted octanol–water partition coefficient (Wildman–Crippen LogP) is 1.38. The standard InChI is InChI=1S/C7H16N2.C5H5N/c1-7(2)9-5-3-8-4-6-9;1-2-4-6-5-3-1/h7-8H,3-6H2,1-2H3;1-5H. The fraction of sp³-hybridized carbons (Fsp3) is 0.583. The lowest BCUT2D eigenvalue weighted by molar-refractivity contribution is 0.196. The lowest BCUT2D eigenvalue weighted by atomic mass is 10.3. The third kappa shape index (κ3) is 5.50. The van der Waals surface area contributed by atoms with Crippen LogP contribution in [0.1, 0.15) is 13.8 Å². The number of pyridine rings is 1. The van der Waals surface area contributed by atoms with E-state index in [2.05, 4.69) is 29.0 Å². The number of nitrogens with zero attached hydrogens (tertiary/aromatic N) is 2. The summed E-state index contributed by atoms with van der Waals surface area (Å²) in [4.78, 5) is 6.28. The molecule has 0 amide bonds. The lowest BCUT2D eigenvalue weighted by Crippen LogP contribution is -2.46. The number of hydrogen-bond acceptors (Lipinski definition) is 3. The van der Waals surface area contributed by atoms with Gasteiger partial charge in [-0.3, -0.25) is 9.88 Å². The third-order valence-corrected chi connectivity index (χ3v) is 2.45.